The van der Waals surface area contributed by atoms with Crippen LogP contribution in [0.4, 0.5) is 20.6 Å². The summed E-state index contributed by atoms with van der Waals surface area (Å²) in [5, 5.41) is 2.97. The predicted octanol–water partition coefficient (Wildman–Crippen LogP) is 3.34. The maximum atomic E-state index is 13.7. The lowest BCUT2D eigenvalue weighted by atomic mass is 9.92. The normalized spacial score (nSPS) is 22.0. The van der Waals surface area contributed by atoms with Crippen LogP contribution < -0.4 is 10.2 Å². The molecule has 0 aliphatic carbocycles. The zero-order chi connectivity index (χ0) is 21.3. The van der Waals surface area contributed by atoms with E-state index in [0.717, 1.165) is 18.5 Å². The molecule has 0 aromatic heterocycles. The Hall–Kier alpha value is -2.93. The largest absolute Gasteiger partial charge is 0.323 e. The van der Waals surface area contributed by atoms with Gasteiger partial charge in [0, 0.05) is 31.0 Å². The predicted molar refractivity (Wildman–Crippen MR) is 115 cm³/mol. The first-order valence-corrected chi connectivity index (χ1v) is 10.3. The van der Waals surface area contributed by atoms with Crippen molar-refractivity contribution in [1.82, 2.24) is 9.80 Å². The summed E-state index contributed by atoms with van der Waals surface area (Å²) in [5.41, 5.74) is 2.21. The highest BCUT2D eigenvalue weighted by Crippen LogP contribution is 2.33. The summed E-state index contributed by atoms with van der Waals surface area (Å²) in [7, 11) is 1.92. The van der Waals surface area contributed by atoms with Gasteiger partial charge >= 0.3 is 6.03 Å². The molecule has 2 saturated heterocycles. The smallest absolute Gasteiger partial charge is 0.321 e. The minimum Gasteiger partial charge on any atom is -0.323 e. The molecule has 1 N–H and O–H groups in total. The van der Waals surface area contributed by atoms with Crippen molar-refractivity contribution in [1.29, 1.82) is 0 Å². The Bertz CT molecular complexity index is 948. The summed E-state index contributed by atoms with van der Waals surface area (Å²) in [5.74, 6) is -0.428. The van der Waals surface area contributed by atoms with E-state index < -0.39 is 0 Å². The number of carbonyl (C=O) groups is 2. The van der Waals surface area contributed by atoms with E-state index in [2.05, 4.69) is 12.2 Å². The molecule has 1 atom stereocenters. The lowest BCUT2D eigenvalue weighted by Crippen LogP contribution is -2.64. The van der Waals surface area contributed by atoms with Crippen molar-refractivity contribution >= 4 is 23.3 Å². The van der Waals surface area contributed by atoms with Gasteiger partial charge in [0.25, 0.3) is 0 Å². The molecule has 7 heteroatoms. The Labute approximate surface area is 176 Å². The van der Waals surface area contributed by atoms with E-state index in [0.29, 0.717) is 25.3 Å². The first kappa shape index (κ1) is 20.3. The van der Waals surface area contributed by atoms with Crippen LogP contribution in [-0.2, 0) is 11.2 Å². The molecule has 158 valence electrons. The summed E-state index contributed by atoms with van der Waals surface area (Å²) >= 11 is 0. The highest BCUT2D eigenvalue weighted by molar-refractivity contribution is 5.96. The number of urea groups is 1. The van der Waals surface area contributed by atoms with E-state index >= 15 is 0 Å². The summed E-state index contributed by atoms with van der Waals surface area (Å²) in [6.45, 7) is 3.89. The molecule has 2 aliphatic rings. The number of hydrogen-bond donors (Lipinski definition) is 1. The van der Waals surface area contributed by atoms with Crippen LogP contribution in [-0.4, -0.2) is 60.5 Å². The van der Waals surface area contributed by atoms with Gasteiger partial charge in [-0.3, -0.25) is 9.69 Å². The lowest BCUT2D eigenvalue weighted by Gasteiger charge is -2.46. The molecule has 1 spiro atoms. The Morgan fingerprint density at radius 3 is 2.63 bits per heavy atom. The Balaban J connectivity index is 1.47. The highest BCUT2D eigenvalue weighted by atomic mass is 19.1. The standard InChI is InChI=1S/C23H27FN4O2/c1-3-17-7-9-19(10-8-17)25-22(30)27-12-11-23(15-27)16-28(21(29)14-26(23)2)20-6-4-5-18(24)13-20/h4-10,13H,3,11-12,14-16H2,1-2H3,(H,25,30). The first-order chi connectivity index (χ1) is 14.4. The third kappa shape index (κ3) is 3.89. The van der Waals surface area contributed by atoms with Crippen molar-refractivity contribution in [3.63, 3.8) is 0 Å². The Morgan fingerprint density at radius 1 is 1.17 bits per heavy atom. The number of carbonyl (C=O) groups excluding carboxylic acids is 2. The minimum absolute atomic E-state index is 0.0624. The van der Waals surface area contributed by atoms with Gasteiger partial charge in [-0.05, 0) is 55.8 Å². The number of halogens is 1. The van der Waals surface area contributed by atoms with Crippen LogP contribution in [0.2, 0.25) is 0 Å². The van der Waals surface area contributed by atoms with Crippen molar-refractivity contribution in [2.75, 3.05) is 43.4 Å². The monoisotopic (exact) mass is 410 g/mol. The molecule has 6 nitrogen and oxygen atoms in total. The third-order valence-electron chi connectivity index (χ3n) is 6.29. The van der Waals surface area contributed by atoms with Crippen molar-refractivity contribution in [3.05, 3.63) is 59.9 Å². The fourth-order valence-electron chi connectivity index (χ4n) is 4.34. The number of benzene rings is 2. The SMILES string of the molecule is CCc1ccc(NC(=O)N2CCC3(C2)CN(c2cccc(F)c2)C(=O)CN3C)cc1. The van der Waals surface area contributed by atoms with Gasteiger partial charge in [0.2, 0.25) is 5.91 Å². The van der Waals surface area contributed by atoms with Gasteiger partial charge < -0.3 is 15.1 Å². The van der Waals surface area contributed by atoms with Crippen molar-refractivity contribution < 1.29 is 14.0 Å². The Morgan fingerprint density at radius 2 is 1.93 bits per heavy atom. The van der Waals surface area contributed by atoms with E-state index in [1.54, 1.807) is 21.9 Å². The number of nitrogens with zero attached hydrogens (tertiary/aromatic N) is 3. The number of amides is 3. The molecular weight excluding hydrogens is 383 g/mol. The van der Waals surface area contributed by atoms with Gasteiger partial charge in [0.1, 0.15) is 5.82 Å². The number of piperazine rings is 1. The van der Waals surface area contributed by atoms with Gasteiger partial charge in [0.05, 0.1) is 12.1 Å². The van der Waals surface area contributed by atoms with Crippen LogP contribution >= 0.6 is 0 Å². The molecule has 3 amide bonds. The average molecular weight is 410 g/mol. The van der Waals surface area contributed by atoms with Crippen LogP contribution in [0.1, 0.15) is 18.9 Å². The number of rotatable bonds is 3. The minimum atomic E-state index is -0.366. The molecule has 2 aromatic carbocycles. The summed E-state index contributed by atoms with van der Waals surface area (Å²) in [6, 6.07) is 13.8. The zero-order valence-electron chi connectivity index (χ0n) is 17.4. The molecule has 30 heavy (non-hydrogen) atoms. The summed E-state index contributed by atoms with van der Waals surface area (Å²) in [6.07, 6.45) is 1.71. The third-order valence-corrected chi connectivity index (χ3v) is 6.29. The number of aryl methyl sites for hydroxylation is 1. The maximum Gasteiger partial charge on any atom is 0.321 e. The first-order valence-electron chi connectivity index (χ1n) is 10.3. The molecule has 1 unspecified atom stereocenters. The maximum absolute atomic E-state index is 13.7. The van der Waals surface area contributed by atoms with E-state index in [9.17, 15) is 14.0 Å². The molecule has 4 rings (SSSR count). The van der Waals surface area contributed by atoms with E-state index in [1.807, 2.05) is 36.2 Å². The lowest BCUT2D eigenvalue weighted by molar-refractivity contribution is -0.123. The number of likely N-dealkylation sites (N-methyl/N-ethyl adjacent to an activating group) is 1. The molecule has 2 aromatic rings. The van der Waals surface area contributed by atoms with Crippen molar-refractivity contribution in [2.24, 2.45) is 0 Å². The topological polar surface area (TPSA) is 55.9 Å². The molecular formula is C23H27FN4O2. The molecule has 0 radical (unpaired) electrons. The van der Waals surface area contributed by atoms with Crippen LogP contribution in [0.5, 0.6) is 0 Å². The fraction of sp³-hybridized carbons (Fsp3) is 0.391. The summed E-state index contributed by atoms with van der Waals surface area (Å²) < 4.78 is 13.7. The molecule has 0 saturated carbocycles. The fourth-order valence-corrected chi connectivity index (χ4v) is 4.34. The second-order valence-electron chi connectivity index (χ2n) is 8.19. The molecule has 2 aliphatic heterocycles. The quantitative estimate of drug-likeness (QED) is 0.844. The van der Waals surface area contributed by atoms with Crippen molar-refractivity contribution in [2.45, 2.75) is 25.3 Å². The van der Waals surface area contributed by atoms with Crippen LogP contribution in [0.25, 0.3) is 0 Å². The van der Waals surface area contributed by atoms with Gasteiger partial charge in [-0.15, -0.1) is 0 Å². The number of nitrogens with one attached hydrogen (secondary N) is 1. The van der Waals surface area contributed by atoms with Gasteiger partial charge in [-0.1, -0.05) is 25.1 Å². The van der Waals surface area contributed by atoms with E-state index in [-0.39, 0.29) is 29.8 Å². The van der Waals surface area contributed by atoms with Crippen LogP contribution in [0, 0.1) is 5.82 Å². The Kier molecular flexibility index (Phi) is 5.47. The number of hydrogen-bond acceptors (Lipinski definition) is 3. The zero-order valence-corrected chi connectivity index (χ0v) is 17.4. The second-order valence-corrected chi connectivity index (χ2v) is 8.19. The molecule has 0 bridgehead atoms. The van der Waals surface area contributed by atoms with Gasteiger partial charge in [0.15, 0.2) is 0 Å². The van der Waals surface area contributed by atoms with E-state index in [4.69, 9.17) is 0 Å². The average Bonchev–Trinajstić information content (AvgIpc) is 3.17. The van der Waals surface area contributed by atoms with Gasteiger partial charge in [-0.2, -0.15) is 0 Å². The second kappa shape index (κ2) is 8.07. The van der Waals surface area contributed by atoms with E-state index in [1.165, 1.54) is 17.7 Å². The van der Waals surface area contributed by atoms with Crippen LogP contribution in [0.3, 0.4) is 0 Å². The molecule has 2 fully saturated rings. The van der Waals surface area contributed by atoms with Crippen molar-refractivity contribution in [3.8, 4) is 0 Å². The molecule has 2 heterocycles. The number of likely N-dealkylation sites (tertiary alicyclic amines) is 1. The summed E-state index contributed by atoms with van der Waals surface area (Å²) in [4.78, 5) is 30.9. The highest BCUT2D eigenvalue weighted by Gasteiger charge is 2.48. The number of anilines is 2. The van der Waals surface area contributed by atoms with Gasteiger partial charge in [-0.25, -0.2) is 9.18 Å². The van der Waals surface area contributed by atoms with Crippen LogP contribution in [0.15, 0.2) is 48.5 Å².